The smallest absolute Gasteiger partial charge is 0.0256 e. The van der Waals surface area contributed by atoms with Crippen LogP contribution in [0.4, 0.5) is 0 Å². The van der Waals surface area contributed by atoms with Crippen molar-refractivity contribution in [3.05, 3.63) is 0 Å². The quantitative estimate of drug-likeness (QED) is 0.653. The Balaban J connectivity index is 1.49. The predicted molar refractivity (Wildman–Crippen MR) is 76.7 cm³/mol. The van der Waals surface area contributed by atoms with E-state index < -0.39 is 0 Å². The maximum Gasteiger partial charge on any atom is -0.0256 e. The number of hydrogen-bond donors (Lipinski definition) is 0. The van der Waals surface area contributed by atoms with Crippen LogP contribution in [0.2, 0.25) is 0 Å². The zero-order chi connectivity index (χ0) is 12.3. The van der Waals surface area contributed by atoms with Crippen molar-refractivity contribution in [1.29, 1.82) is 0 Å². The van der Waals surface area contributed by atoms with Crippen LogP contribution < -0.4 is 0 Å². The van der Waals surface area contributed by atoms with Gasteiger partial charge >= 0.3 is 0 Å². The first-order valence-electron chi connectivity index (χ1n) is 9.22. The van der Waals surface area contributed by atoms with Gasteiger partial charge in [0.15, 0.2) is 0 Å². The molecule has 19 heavy (non-hydrogen) atoms. The Bertz CT molecular complexity index is 362. The highest BCUT2D eigenvalue weighted by Crippen LogP contribution is 2.80. The number of hydrogen-bond acceptors (Lipinski definition) is 0. The lowest BCUT2D eigenvalue weighted by atomic mass is 9.37. The third kappa shape index (κ3) is 1.28. The van der Waals surface area contributed by atoms with E-state index in [1.54, 1.807) is 77.0 Å². The molecule has 0 aromatic heterocycles. The summed E-state index contributed by atoms with van der Waals surface area (Å²) in [6, 6.07) is 0. The fraction of sp³-hybridized carbons (Fsp3) is 1.00. The molecular formula is C19H28. The van der Waals surface area contributed by atoms with E-state index in [-0.39, 0.29) is 0 Å². The van der Waals surface area contributed by atoms with Crippen LogP contribution in [-0.2, 0) is 0 Å². The van der Waals surface area contributed by atoms with E-state index in [0.717, 1.165) is 22.2 Å². The van der Waals surface area contributed by atoms with Gasteiger partial charge in [0.05, 0.1) is 0 Å². The lowest BCUT2D eigenvalue weighted by Gasteiger charge is -2.68. The Morgan fingerprint density at radius 3 is 1.05 bits per heavy atom. The summed E-state index contributed by atoms with van der Waals surface area (Å²) in [5, 5.41) is 0. The zero-order valence-electron chi connectivity index (χ0n) is 12.3. The molecule has 0 aromatic rings. The maximum atomic E-state index is 1.69. The summed E-state index contributed by atoms with van der Waals surface area (Å²) in [4.78, 5) is 0. The van der Waals surface area contributed by atoms with Crippen LogP contribution in [0.15, 0.2) is 0 Å². The van der Waals surface area contributed by atoms with Crippen LogP contribution in [0.5, 0.6) is 0 Å². The largest absolute Gasteiger partial charge is 0.0496 e. The predicted octanol–water partition coefficient (Wildman–Crippen LogP) is 5.17. The Hall–Kier alpha value is 0. The molecule has 104 valence electrons. The van der Waals surface area contributed by atoms with Crippen molar-refractivity contribution < 1.29 is 0 Å². The van der Waals surface area contributed by atoms with Gasteiger partial charge in [0, 0.05) is 0 Å². The molecule has 0 heterocycles. The van der Waals surface area contributed by atoms with E-state index >= 15 is 0 Å². The molecule has 0 nitrogen and oxygen atoms in total. The molecule has 7 rings (SSSR count). The first-order chi connectivity index (χ1) is 9.22. The molecule has 0 unspecified atom stereocenters. The van der Waals surface area contributed by atoms with Crippen molar-refractivity contribution in [3.63, 3.8) is 0 Å². The summed E-state index contributed by atoms with van der Waals surface area (Å²) in [5.74, 6) is 4.73. The third-order valence-corrected chi connectivity index (χ3v) is 8.53. The van der Waals surface area contributed by atoms with Gasteiger partial charge in [0.25, 0.3) is 0 Å². The van der Waals surface area contributed by atoms with E-state index in [2.05, 4.69) is 0 Å². The average molecular weight is 256 g/mol. The summed E-state index contributed by atoms with van der Waals surface area (Å²) in [6.07, 6.45) is 19.7. The van der Waals surface area contributed by atoms with Crippen LogP contribution in [-0.4, -0.2) is 0 Å². The fourth-order valence-electron chi connectivity index (χ4n) is 8.12. The topological polar surface area (TPSA) is 0 Å². The van der Waals surface area contributed by atoms with Crippen molar-refractivity contribution in [2.24, 2.45) is 39.9 Å². The van der Waals surface area contributed by atoms with Crippen molar-refractivity contribution in [1.82, 2.24) is 0 Å². The van der Waals surface area contributed by atoms with E-state index in [0.29, 0.717) is 0 Å². The third-order valence-electron chi connectivity index (χ3n) is 8.53. The summed E-state index contributed by atoms with van der Waals surface area (Å²) in [6.45, 7) is 0. The first-order valence-corrected chi connectivity index (χ1v) is 9.22. The summed E-state index contributed by atoms with van der Waals surface area (Å²) >= 11 is 0. The van der Waals surface area contributed by atoms with Gasteiger partial charge in [-0.15, -0.1) is 0 Å². The Kier molecular flexibility index (Phi) is 1.66. The molecule has 0 heteroatoms. The molecule has 0 N–H and O–H groups in total. The van der Waals surface area contributed by atoms with Gasteiger partial charge in [0.1, 0.15) is 0 Å². The van der Waals surface area contributed by atoms with Crippen molar-refractivity contribution in [2.75, 3.05) is 0 Å². The lowest BCUT2D eigenvalue weighted by Crippen LogP contribution is -2.59. The molecule has 0 aliphatic heterocycles. The highest BCUT2D eigenvalue weighted by molar-refractivity contribution is 5.20. The minimum Gasteiger partial charge on any atom is -0.0496 e. The maximum absolute atomic E-state index is 1.69. The summed E-state index contributed by atoms with van der Waals surface area (Å²) in [5.41, 5.74) is 2.64. The molecule has 7 aliphatic carbocycles. The second kappa shape index (κ2) is 2.95. The molecule has 0 saturated heterocycles. The van der Waals surface area contributed by atoms with Gasteiger partial charge in [-0.3, -0.25) is 0 Å². The Labute approximate surface area is 117 Å². The normalized spacial score (nSPS) is 59.7. The molecular weight excluding hydrogens is 228 g/mol. The highest BCUT2D eigenvalue weighted by Gasteiger charge is 2.70. The molecule has 0 radical (unpaired) electrons. The molecule has 7 aliphatic rings. The van der Waals surface area contributed by atoms with Crippen LogP contribution in [0.25, 0.3) is 0 Å². The second-order valence-electron chi connectivity index (χ2n) is 9.92. The van der Waals surface area contributed by atoms with Crippen molar-refractivity contribution in [3.8, 4) is 0 Å². The van der Waals surface area contributed by atoms with Gasteiger partial charge in [-0.05, 0) is 117 Å². The van der Waals surface area contributed by atoms with Crippen LogP contribution in [0.3, 0.4) is 0 Å². The van der Waals surface area contributed by atoms with Crippen LogP contribution in [0, 0.1) is 39.9 Å². The van der Waals surface area contributed by atoms with Gasteiger partial charge in [-0.2, -0.15) is 0 Å². The average Bonchev–Trinajstić information content (AvgIpc) is 3.29. The van der Waals surface area contributed by atoms with Crippen molar-refractivity contribution in [2.45, 2.75) is 77.0 Å². The van der Waals surface area contributed by atoms with E-state index in [1.807, 2.05) is 0 Å². The minimum absolute atomic E-state index is 0.880. The summed E-state index contributed by atoms with van der Waals surface area (Å²) < 4.78 is 0. The number of rotatable bonds is 3. The Morgan fingerprint density at radius 1 is 0.474 bits per heavy atom. The standard InChI is InChI=1S/C19H28/c1-2-14(1)17-7-13-8-18(10-17,15-3-4-15)12-19(9-13,11-17)16-5-6-16/h13-16H,1-12H2. The monoisotopic (exact) mass is 256 g/mol. The van der Waals surface area contributed by atoms with Gasteiger partial charge in [-0.1, -0.05) is 0 Å². The molecule has 4 bridgehead atoms. The molecule has 0 amide bonds. The van der Waals surface area contributed by atoms with Crippen LogP contribution >= 0.6 is 0 Å². The van der Waals surface area contributed by atoms with Gasteiger partial charge in [0.2, 0.25) is 0 Å². The van der Waals surface area contributed by atoms with Gasteiger partial charge < -0.3 is 0 Å². The second-order valence-corrected chi connectivity index (χ2v) is 9.92. The zero-order valence-corrected chi connectivity index (χ0v) is 12.3. The first kappa shape index (κ1) is 10.7. The van der Waals surface area contributed by atoms with E-state index in [9.17, 15) is 0 Å². The van der Waals surface area contributed by atoms with E-state index in [1.165, 1.54) is 17.8 Å². The van der Waals surface area contributed by atoms with Crippen LogP contribution in [0.1, 0.15) is 77.0 Å². The Morgan fingerprint density at radius 2 is 0.789 bits per heavy atom. The minimum atomic E-state index is 0.880. The highest BCUT2D eigenvalue weighted by atomic mass is 14.7. The summed E-state index contributed by atoms with van der Waals surface area (Å²) in [7, 11) is 0. The lowest BCUT2D eigenvalue weighted by molar-refractivity contribution is -0.183. The SMILES string of the molecule is C1CC1C12CC3CC(C4CC4)(C1)CC(C1CC1)(C3)C2. The molecule has 0 spiro atoms. The molecule has 0 atom stereocenters. The van der Waals surface area contributed by atoms with E-state index in [4.69, 9.17) is 0 Å². The van der Waals surface area contributed by atoms with Crippen molar-refractivity contribution >= 4 is 0 Å². The molecule has 7 saturated carbocycles. The fourth-order valence-corrected chi connectivity index (χ4v) is 8.12. The molecule has 0 aromatic carbocycles. The van der Waals surface area contributed by atoms with Gasteiger partial charge in [-0.25, -0.2) is 0 Å². The molecule has 7 fully saturated rings.